The van der Waals surface area contributed by atoms with Crippen LogP contribution < -0.4 is 17.0 Å². The van der Waals surface area contributed by atoms with Crippen molar-refractivity contribution < 1.29 is 9.90 Å². The number of aliphatic carboxylic acids is 1. The topological polar surface area (TPSA) is 114 Å². The summed E-state index contributed by atoms with van der Waals surface area (Å²) in [6.45, 7) is 0. The Morgan fingerprint density at radius 2 is 1.82 bits per heavy atom. The minimum absolute atomic E-state index is 0.0406. The first kappa shape index (κ1) is 16.3. The average molecular weight is 381 g/mol. The first-order valence-electron chi connectivity index (χ1n) is 6.10. The van der Waals surface area contributed by atoms with Crippen LogP contribution in [-0.4, -0.2) is 16.1 Å². The number of benzene rings is 1. The van der Waals surface area contributed by atoms with Gasteiger partial charge in [0.05, 0.1) is 0 Å². The van der Waals surface area contributed by atoms with Gasteiger partial charge in [0.1, 0.15) is 10.1 Å². The fourth-order valence-electron chi connectivity index (χ4n) is 1.66. The number of thioether (sulfide) groups is 1. The molecule has 0 saturated carbocycles. The van der Waals surface area contributed by atoms with Crippen molar-refractivity contribution in [2.45, 2.75) is 5.03 Å². The van der Waals surface area contributed by atoms with Gasteiger partial charge in [-0.25, -0.2) is 9.78 Å². The molecule has 1 heterocycles. The van der Waals surface area contributed by atoms with Crippen molar-refractivity contribution in [3.05, 3.63) is 57.8 Å². The molecule has 1 aromatic heterocycles. The van der Waals surface area contributed by atoms with Crippen LogP contribution >= 0.6 is 27.7 Å². The van der Waals surface area contributed by atoms with E-state index in [0.717, 1.165) is 27.4 Å². The lowest BCUT2D eigenvalue weighted by molar-refractivity contribution is -0.133. The van der Waals surface area contributed by atoms with Gasteiger partial charge in [-0.2, -0.15) is 0 Å². The van der Waals surface area contributed by atoms with Crippen LogP contribution in [0.5, 0.6) is 0 Å². The van der Waals surface area contributed by atoms with Crippen LogP contribution in [0.1, 0.15) is 0 Å². The average Bonchev–Trinajstić information content (AvgIpc) is 2.49. The quantitative estimate of drug-likeness (QED) is 0.272. The third-order valence-electron chi connectivity index (χ3n) is 2.73. The second-order valence-corrected chi connectivity index (χ2v) is 6.16. The van der Waals surface area contributed by atoms with Crippen molar-refractivity contribution in [1.29, 1.82) is 0 Å². The number of nitrogens with one attached hydrogen (secondary N) is 1. The van der Waals surface area contributed by atoms with E-state index in [9.17, 15) is 4.79 Å². The number of hydrogen-bond donors (Lipinski definition) is 4. The highest BCUT2D eigenvalue weighted by Crippen LogP contribution is 2.26. The summed E-state index contributed by atoms with van der Waals surface area (Å²) in [5, 5.41) is 9.54. The number of rotatable bonds is 5. The number of pyridine rings is 1. The molecule has 8 heteroatoms. The third kappa shape index (κ3) is 4.00. The molecule has 0 fully saturated rings. The van der Waals surface area contributed by atoms with Crippen LogP contribution in [0, 0.1) is 0 Å². The maximum absolute atomic E-state index is 10.9. The van der Waals surface area contributed by atoms with Crippen LogP contribution in [0.15, 0.2) is 62.8 Å². The molecule has 0 aliphatic carbocycles. The first-order chi connectivity index (χ1) is 10.5. The minimum Gasteiger partial charge on any atom is -0.476 e. The molecule has 0 saturated heterocycles. The smallest absolute Gasteiger partial charge is 0.356 e. The number of carbonyl (C=O) groups is 1. The zero-order chi connectivity index (χ0) is 16.1. The van der Waals surface area contributed by atoms with Gasteiger partial charge in [0.2, 0.25) is 0 Å². The molecule has 0 spiro atoms. The predicted molar refractivity (Wildman–Crippen MR) is 89.4 cm³/mol. The summed E-state index contributed by atoms with van der Waals surface area (Å²) < 4.78 is 1.00. The predicted octanol–water partition coefficient (Wildman–Crippen LogP) is 2.28. The molecule has 22 heavy (non-hydrogen) atoms. The van der Waals surface area contributed by atoms with Gasteiger partial charge in [-0.3, -0.25) is 5.84 Å². The number of aromatic nitrogens is 1. The molecule has 2 aromatic rings. The van der Waals surface area contributed by atoms with Crippen molar-refractivity contribution in [2.24, 2.45) is 11.6 Å². The van der Waals surface area contributed by atoms with Gasteiger partial charge in [-0.1, -0.05) is 45.9 Å². The van der Waals surface area contributed by atoms with E-state index < -0.39 is 5.97 Å². The number of nitrogens with two attached hydrogens (primary N) is 2. The SMILES string of the molecule is NN/C(C(=O)O)=C(\N)Sc1ccc(-c2ccc(Br)cc2)cn1. The summed E-state index contributed by atoms with van der Waals surface area (Å²) in [4.78, 5) is 15.2. The Kier molecular flexibility index (Phi) is 5.42. The molecule has 0 bridgehead atoms. The Hall–Kier alpha value is -2.03. The summed E-state index contributed by atoms with van der Waals surface area (Å²) >= 11 is 4.41. The van der Waals surface area contributed by atoms with Gasteiger partial charge in [0.25, 0.3) is 0 Å². The van der Waals surface area contributed by atoms with Gasteiger partial charge in [-0.05, 0) is 23.8 Å². The Morgan fingerprint density at radius 3 is 2.32 bits per heavy atom. The minimum atomic E-state index is -1.22. The van der Waals surface area contributed by atoms with E-state index in [1.165, 1.54) is 0 Å². The van der Waals surface area contributed by atoms with Gasteiger partial charge in [-0.15, -0.1) is 0 Å². The molecule has 114 valence electrons. The standard InChI is InChI=1S/C14H13BrN4O2S/c15-10-4-1-8(2-5-10)9-3-6-11(18-7-9)22-13(16)12(19-17)14(20)21/h1-7,19H,16-17H2,(H,20,21)/b13-12+. The lowest BCUT2D eigenvalue weighted by atomic mass is 10.1. The Labute approximate surface area is 139 Å². The monoisotopic (exact) mass is 380 g/mol. The Bertz CT molecular complexity index is 702. The van der Waals surface area contributed by atoms with Crippen molar-refractivity contribution in [1.82, 2.24) is 10.4 Å². The zero-order valence-corrected chi connectivity index (χ0v) is 13.7. The largest absolute Gasteiger partial charge is 0.476 e. The lowest BCUT2D eigenvalue weighted by Gasteiger charge is -2.07. The van der Waals surface area contributed by atoms with E-state index in [4.69, 9.17) is 16.7 Å². The normalized spacial score (nSPS) is 11.7. The molecule has 0 unspecified atom stereocenters. The zero-order valence-electron chi connectivity index (χ0n) is 11.3. The lowest BCUT2D eigenvalue weighted by Crippen LogP contribution is -2.29. The summed E-state index contributed by atoms with van der Waals surface area (Å²) in [5.41, 5.74) is 9.49. The van der Waals surface area contributed by atoms with Gasteiger partial charge in [0, 0.05) is 16.2 Å². The van der Waals surface area contributed by atoms with Crippen molar-refractivity contribution in [3.8, 4) is 11.1 Å². The van der Waals surface area contributed by atoms with Gasteiger partial charge >= 0.3 is 5.97 Å². The first-order valence-corrected chi connectivity index (χ1v) is 7.71. The number of nitrogens with zero attached hydrogens (tertiary/aromatic N) is 1. The van der Waals surface area contributed by atoms with Crippen molar-refractivity contribution in [2.75, 3.05) is 0 Å². The van der Waals surface area contributed by atoms with E-state index in [0.29, 0.717) is 5.03 Å². The molecular weight excluding hydrogens is 368 g/mol. The number of carboxylic acids is 1. The highest BCUT2D eigenvalue weighted by molar-refractivity contribution is 9.10. The number of hydrogen-bond acceptors (Lipinski definition) is 6. The highest BCUT2D eigenvalue weighted by Gasteiger charge is 2.12. The van der Waals surface area contributed by atoms with Crippen molar-refractivity contribution in [3.63, 3.8) is 0 Å². The summed E-state index contributed by atoms with van der Waals surface area (Å²) in [5.74, 6) is 3.91. The molecule has 0 amide bonds. The van der Waals surface area contributed by atoms with E-state index in [-0.39, 0.29) is 10.7 Å². The molecule has 0 aliphatic rings. The second kappa shape index (κ2) is 7.30. The second-order valence-electron chi connectivity index (χ2n) is 4.18. The van der Waals surface area contributed by atoms with Crippen LogP contribution in [0.3, 0.4) is 0 Å². The summed E-state index contributed by atoms with van der Waals surface area (Å²) in [6, 6.07) is 11.5. The van der Waals surface area contributed by atoms with E-state index >= 15 is 0 Å². The maximum Gasteiger partial charge on any atom is 0.356 e. The highest BCUT2D eigenvalue weighted by atomic mass is 79.9. The third-order valence-corrected chi connectivity index (χ3v) is 4.14. The molecule has 0 atom stereocenters. The molecule has 2 rings (SSSR count). The fraction of sp³-hybridized carbons (Fsp3) is 0. The van der Waals surface area contributed by atoms with Gasteiger partial charge in [0.15, 0.2) is 5.70 Å². The van der Waals surface area contributed by atoms with E-state index in [1.54, 1.807) is 12.3 Å². The molecule has 0 aliphatic heterocycles. The molecule has 6 N–H and O–H groups in total. The summed E-state index contributed by atoms with van der Waals surface area (Å²) in [6.07, 6.45) is 1.70. The van der Waals surface area contributed by atoms with Crippen LogP contribution in [-0.2, 0) is 4.79 Å². The molecule has 1 aromatic carbocycles. The number of carboxylic acid groups (broad SMARTS) is 1. The summed E-state index contributed by atoms with van der Waals surface area (Å²) in [7, 11) is 0. The Balaban J connectivity index is 2.19. The van der Waals surface area contributed by atoms with Crippen LogP contribution in [0.25, 0.3) is 11.1 Å². The number of hydrazine groups is 1. The molecular formula is C14H13BrN4O2S. The van der Waals surface area contributed by atoms with Gasteiger partial charge < -0.3 is 16.3 Å². The Morgan fingerprint density at radius 1 is 1.18 bits per heavy atom. The van der Waals surface area contributed by atoms with Crippen LogP contribution in [0.2, 0.25) is 0 Å². The molecule has 0 radical (unpaired) electrons. The number of halogens is 1. The molecule has 6 nitrogen and oxygen atoms in total. The van der Waals surface area contributed by atoms with E-state index in [1.807, 2.05) is 30.3 Å². The fourth-order valence-corrected chi connectivity index (χ4v) is 2.64. The maximum atomic E-state index is 10.9. The van der Waals surface area contributed by atoms with Crippen molar-refractivity contribution >= 4 is 33.7 Å². The van der Waals surface area contributed by atoms with Crippen LogP contribution in [0.4, 0.5) is 0 Å². The van der Waals surface area contributed by atoms with E-state index in [2.05, 4.69) is 26.3 Å².